The fourth-order valence-corrected chi connectivity index (χ4v) is 3.40. The summed E-state index contributed by atoms with van der Waals surface area (Å²) in [5.74, 6) is 0.101. The van der Waals surface area contributed by atoms with Crippen molar-refractivity contribution >= 4 is 28.3 Å². The van der Waals surface area contributed by atoms with Crippen LogP contribution in [0.25, 0.3) is 10.9 Å². The Hall–Kier alpha value is -2.39. The van der Waals surface area contributed by atoms with E-state index in [4.69, 9.17) is 11.6 Å². The fraction of sp³-hybridized carbons (Fsp3) is 0.273. The van der Waals surface area contributed by atoms with Crippen molar-refractivity contribution in [3.63, 3.8) is 0 Å². The number of ketones is 1. The number of aryl methyl sites for hydroxylation is 1. The van der Waals surface area contributed by atoms with Crippen LogP contribution in [-0.2, 0) is 12.8 Å². The lowest BCUT2D eigenvalue weighted by atomic mass is 9.96. The van der Waals surface area contributed by atoms with Gasteiger partial charge in [-0.2, -0.15) is 0 Å². The third-order valence-electron chi connectivity index (χ3n) is 4.67. The highest BCUT2D eigenvalue weighted by Crippen LogP contribution is 2.22. The van der Waals surface area contributed by atoms with Gasteiger partial charge in [-0.05, 0) is 24.1 Å². The predicted molar refractivity (Wildman–Crippen MR) is 107 cm³/mol. The molecule has 3 rings (SSSR count). The molecule has 134 valence electrons. The Bertz CT molecular complexity index is 1020. The molecule has 0 saturated carbocycles. The van der Waals surface area contributed by atoms with Gasteiger partial charge in [0, 0.05) is 34.5 Å². The summed E-state index contributed by atoms with van der Waals surface area (Å²) in [7, 11) is 0. The van der Waals surface area contributed by atoms with Crippen LogP contribution in [0.4, 0.5) is 0 Å². The van der Waals surface area contributed by atoms with Gasteiger partial charge in [-0.15, -0.1) is 0 Å². The summed E-state index contributed by atoms with van der Waals surface area (Å²) in [6.07, 6.45) is 1.24. The van der Waals surface area contributed by atoms with Crippen LogP contribution in [0.2, 0.25) is 5.02 Å². The summed E-state index contributed by atoms with van der Waals surface area (Å²) in [6, 6.07) is 12.9. The second-order valence-corrected chi connectivity index (χ2v) is 7.23. The number of fused-ring (bicyclic) bond motifs is 1. The second kappa shape index (κ2) is 7.46. The number of pyridine rings is 1. The molecule has 3 nitrogen and oxygen atoms in total. The van der Waals surface area contributed by atoms with Crippen molar-refractivity contribution in [1.29, 1.82) is 0 Å². The quantitative estimate of drug-likeness (QED) is 0.632. The van der Waals surface area contributed by atoms with Gasteiger partial charge >= 0.3 is 0 Å². The maximum absolute atomic E-state index is 13.0. The molecule has 0 amide bonds. The van der Waals surface area contributed by atoms with Crippen LogP contribution in [0, 0.1) is 5.92 Å². The molecule has 1 aromatic heterocycles. The Morgan fingerprint density at radius 1 is 1.12 bits per heavy atom. The summed E-state index contributed by atoms with van der Waals surface area (Å²) < 4.78 is 0. The van der Waals surface area contributed by atoms with E-state index in [-0.39, 0.29) is 17.1 Å². The maximum Gasteiger partial charge on any atom is 0.193 e. The highest BCUT2D eigenvalue weighted by atomic mass is 35.5. The van der Waals surface area contributed by atoms with Gasteiger partial charge in [0.15, 0.2) is 11.2 Å². The van der Waals surface area contributed by atoms with E-state index in [1.807, 2.05) is 45.0 Å². The molecule has 0 aliphatic rings. The van der Waals surface area contributed by atoms with Gasteiger partial charge in [-0.1, -0.05) is 62.7 Å². The van der Waals surface area contributed by atoms with Gasteiger partial charge < -0.3 is 4.98 Å². The number of halogens is 1. The number of H-pyrrole nitrogens is 1. The van der Waals surface area contributed by atoms with Crippen molar-refractivity contribution in [2.24, 2.45) is 5.92 Å². The largest absolute Gasteiger partial charge is 0.357 e. The van der Waals surface area contributed by atoms with Crippen LogP contribution < -0.4 is 5.43 Å². The van der Waals surface area contributed by atoms with Crippen LogP contribution in [0.3, 0.4) is 0 Å². The second-order valence-electron chi connectivity index (χ2n) is 6.82. The fourth-order valence-electron chi connectivity index (χ4n) is 3.18. The molecule has 0 atom stereocenters. The van der Waals surface area contributed by atoms with E-state index >= 15 is 0 Å². The molecule has 0 bridgehead atoms. The lowest BCUT2D eigenvalue weighted by molar-refractivity contribution is 0.0939. The highest BCUT2D eigenvalue weighted by molar-refractivity contribution is 6.35. The van der Waals surface area contributed by atoms with E-state index in [9.17, 15) is 9.59 Å². The number of benzene rings is 2. The minimum absolute atomic E-state index is 0.0143. The Labute approximate surface area is 158 Å². The lowest BCUT2D eigenvalue weighted by Gasteiger charge is -2.12. The molecule has 26 heavy (non-hydrogen) atoms. The molecule has 0 aliphatic heterocycles. The number of rotatable bonds is 5. The van der Waals surface area contributed by atoms with Crippen LogP contribution in [0.1, 0.15) is 48.0 Å². The van der Waals surface area contributed by atoms with Crippen molar-refractivity contribution in [3.05, 3.63) is 80.1 Å². The monoisotopic (exact) mass is 367 g/mol. The van der Waals surface area contributed by atoms with Crippen molar-refractivity contribution in [2.75, 3.05) is 0 Å². The molecule has 0 radical (unpaired) electrons. The molecular weight excluding hydrogens is 346 g/mol. The van der Waals surface area contributed by atoms with E-state index < -0.39 is 0 Å². The van der Waals surface area contributed by atoms with Gasteiger partial charge in [-0.3, -0.25) is 9.59 Å². The van der Waals surface area contributed by atoms with Gasteiger partial charge in [-0.25, -0.2) is 0 Å². The molecule has 3 aromatic rings. The molecule has 4 heteroatoms. The number of aromatic amines is 1. The molecule has 0 spiro atoms. The van der Waals surface area contributed by atoms with Crippen LogP contribution >= 0.6 is 11.6 Å². The number of carbonyl (C=O) groups is 1. The zero-order chi connectivity index (χ0) is 18.8. The van der Waals surface area contributed by atoms with Crippen molar-refractivity contribution < 1.29 is 4.79 Å². The average Bonchev–Trinajstić information content (AvgIpc) is 2.64. The molecule has 0 saturated heterocycles. The maximum atomic E-state index is 13.0. The number of para-hydroxylation sites is 1. The number of aromatic nitrogens is 1. The Morgan fingerprint density at radius 2 is 1.81 bits per heavy atom. The standard InChI is InChI=1S/C22H22ClNO2/c1-4-19-17(22(26)16-6-5-7-18(23)20(16)24-19)12-14-8-10-15(11-9-14)21(25)13(2)3/h5-11,13H,4,12H2,1-3H3,(H,24,26). The number of nitrogens with one attached hydrogen (secondary N) is 1. The first-order valence-corrected chi connectivity index (χ1v) is 9.25. The van der Waals surface area contributed by atoms with Gasteiger partial charge in [0.05, 0.1) is 10.5 Å². The highest BCUT2D eigenvalue weighted by Gasteiger charge is 2.14. The smallest absolute Gasteiger partial charge is 0.193 e. The minimum atomic E-state index is -0.0272. The van der Waals surface area contributed by atoms with Crippen molar-refractivity contribution in [3.8, 4) is 0 Å². The normalized spacial score (nSPS) is 11.3. The van der Waals surface area contributed by atoms with E-state index in [2.05, 4.69) is 4.98 Å². The third kappa shape index (κ3) is 3.45. The Morgan fingerprint density at radius 3 is 2.42 bits per heavy atom. The molecule has 1 N–H and O–H groups in total. The summed E-state index contributed by atoms with van der Waals surface area (Å²) in [4.78, 5) is 28.4. The molecule has 0 aliphatic carbocycles. The Kier molecular flexibility index (Phi) is 5.28. The van der Waals surface area contributed by atoms with Crippen molar-refractivity contribution in [2.45, 2.75) is 33.6 Å². The number of Topliss-reactive ketones (excluding diaryl/α,β-unsaturated/α-hetero) is 1. The zero-order valence-electron chi connectivity index (χ0n) is 15.2. The summed E-state index contributed by atoms with van der Waals surface area (Å²) >= 11 is 6.24. The lowest BCUT2D eigenvalue weighted by Crippen LogP contribution is -2.15. The molecule has 0 fully saturated rings. The van der Waals surface area contributed by atoms with E-state index in [1.165, 1.54) is 0 Å². The Balaban J connectivity index is 2.02. The predicted octanol–water partition coefficient (Wildman–Crippen LogP) is 5.17. The first kappa shape index (κ1) is 18.4. The molecule has 2 aromatic carbocycles. The zero-order valence-corrected chi connectivity index (χ0v) is 16.0. The number of hydrogen-bond acceptors (Lipinski definition) is 2. The van der Waals surface area contributed by atoms with Crippen molar-refractivity contribution in [1.82, 2.24) is 4.98 Å². The van der Waals surface area contributed by atoms with Gasteiger partial charge in [0.25, 0.3) is 0 Å². The average molecular weight is 368 g/mol. The first-order chi connectivity index (χ1) is 12.4. The van der Waals surface area contributed by atoms with E-state index in [1.54, 1.807) is 18.2 Å². The number of hydrogen-bond donors (Lipinski definition) is 1. The summed E-state index contributed by atoms with van der Waals surface area (Å²) in [5, 5.41) is 1.16. The van der Waals surface area contributed by atoms with Crippen LogP contribution in [-0.4, -0.2) is 10.8 Å². The molecule has 1 heterocycles. The third-order valence-corrected chi connectivity index (χ3v) is 4.98. The number of carbonyl (C=O) groups excluding carboxylic acids is 1. The SMILES string of the molecule is CCc1[nH]c2c(Cl)cccc2c(=O)c1Cc1ccc(C(=O)C(C)C)cc1. The van der Waals surface area contributed by atoms with Gasteiger partial charge in [0.1, 0.15) is 0 Å². The van der Waals surface area contributed by atoms with Gasteiger partial charge in [0.2, 0.25) is 0 Å². The van der Waals surface area contributed by atoms with E-state index in [0.717, 1.165) is 23.2 Å². The first-order valence-electron chi connectivity index (χ1n) is 8.87. The molecule has 0 unspecified atom stereocenters. The van der Waals surface area contributed by atoms with E-state index in [0.29, 0.717) is 27.9 Å². The summed E-state index contributed by atoms with van der Waals surface area (Å²) in [5.41, 5.74) is 4.08. The summed E-state index contributed by atoms with van der Waals surface area (Å²) in [6.45, 7) is 5.80. The minimum Gasteiger partial charge on any atom is -0.357 e. The van der Waals surface area contributed by atoms with Crippen LogP contribution in [0.15, 0.2) is 47.3 Å². The molecular formula is C22H22ClNO2. The topological polar surface area (TPSA) is 49.9 Å². The van der Waals surface area contributed by atoms with Crippen LogP contribution in [0.5, 0.6) is 0 Å².